The van der Waals surface area contributed by atoms with E-state index in [1.807, 2.05) is 11.9 Å². The van der Waals surface area contributed by atoms with Crippen LogP contribution in [0.2, 0.25) is 0 Å². The molecule has 1 aliphatic rings. The largest absolute Gasteiger partial charge is 0.508 e. The molecule has 1 unspecified atom stereocenters. The number of phenols is 1. The minimum absolute atomic E-state index is 0.0278. The Kier molecular flexibility index (Phi) is 6.23. The van der Waals surface area contributed by atoms with Crippen LogP contribution in [-0.4, -0.2) is 71.1 Å². The molecule has 2 aromatic carbocycles. The average Bonchev–Trinajstić information content (AvgIpc) is 3.25. The van der Waals surface area contributed by atoms with Crippen molar-refractivity contribution >= 4 is 17.4 Å². The van der Waals surface area contributed by atoms with Gasteiger partial charge in [-0.05, 0) is 62.5 Å². The zero-order chi connectivity index (χ0) is 22.7. The summed E-state index contributed by atoms with van der Waals surface area (Å²) in [6.45, 7) is 1.87. The van der Waals surface area contributed by atoms with E-state index in [9.17, 15) is 9.90 Å². The maximum absolute atomic E-state index is 13.1. The van der Waals surface area contributed by atoms with Crippen LogP contribution in [0.1, 0.15) is 16.8 Å². The summed E-state index contributed by atoms with van der Waals surface area (Å²) in [5, 5.41) is 12.7. The smallest absolute Gasteiger partial charge is 0.253 e. The van der Waals surface area contributed by atoms with E-state index >= 15 is 0 Å². The van der Waals surface area contributed by atoms with Crippen LogP contribution in [0.15, 0.2) is 54.9 Å². The van der Waals surface area contributed by atoms with Crippen molar-refractivity contribution in [3.8, 4) is 22.8 Å². The summed E-state index contributed by atoms with van der Waals surface area (Å²) in [6, 6.07) is 12.3. The number of rotatable bonds is 6. The van der Waals surface area contributed by atoms with Crippen molar-refractivity contribution in [2.75, 3.05) is 39.6 Å². The topological polar surface area (TPSA) is 90.8 Å². The van der Waals surface area contributed by atoms with Crippen LogP contribution < -0.4 is 10.1 Å². The number of amides is 1. The predicted octanol–water partition coefficient (Wildman–Crippen LogP) is 3.38. The van der Waals surface area contributed by atoms with Crippen LogP contribution in [0, 0.1) is 0 Å². The van der Waals surface area contributed by atoms with Gasteiger partial charge in [0.15, 0.2) is 0 Å². The van der Waals surface area contributed by atoms with E-state index in [1.165, 1.54) is 0 Å². The molecule has 1 aliphatic heterocycles. The van der Waals surface area contributed by atoms with Gasteiger partial charge in [-0.1, -0.05) is 0 Å². The van der Waals surface area contributed by atoms with Crippen molar-refractivity contribution in [3.63, 3.8) is 0 Å². The van der Waals surface area contributed by atoms with Gasteiger partial charge in [-0.15, -0.1) is 0 Å². The molecule has 0 spiro atoms. The second-order valence-corrected chi connectivity index (χ2v) is 8.00. The summed E-state index contributed by atoms with van der Waals surface area (Å²) < 4.78 is 5.48. The minimum Gasteiger partial charge on any atom is -0.508 e. The van der Waals surface area contributed by atoms with Gasteiger partial charge in [0.25, 0.3) is 5.91 Å². The zero-order valence-corrected chi connectivity index (χ0v) is 18.4. The number of aromatic hydroxyl groups is 1. The van der Waals surface area contributed by atoms with Crippen molar-refractivity contribution in [2.45, 2.75) is 12.5 Å². The Morgan fingerprint density at radius 2 is 2.00 bits per heavy atom. The third-order valence-corrected chi connectivity index (χ3v) is 5.74. The molecule has 0 aliphatic carbocycles. The van der Waals surface area contributed by atoms with E-state index in [1.54, 1.807) is 62.0 Å². The molecule has 1 fully saturated rings. The molecule has 0 bridgehead atoms. The standard InChI is InChI=1S/C24H27N5O3/c1-28-11-10-18(15-28)29(2)24(31)17-6-9-22(32-3)20(12-17)26-23-14-25-13-21(27-23)16-4-7-19(30)8-5-16/h4-9,12-14,18,30H,10-11,15H2,1-3H3,(H,26,27). The lowest BCUT2D eigenvalue weighted by Gasteiger charge is -2.25. The fourth-order valence-electron chi connectivity index (χ4n) is 3.87. The van der Waals surface area contributed by atoms with Gasteiger partial charge in [-0.2, -0.15) is 0 Å². The van der Waals surface area contributed by atoms with Gasteiger partial charge in [-0.25, -0.2) is 4.98 Å². The van der Waals surface area contributed by atoms with Gasteiger partial charge in [-0.3, -0.25) is 9.78 Å². The number of likely N-dealkylation sites (N-methyl/N-ethyl adjacent to an activating group) is 2. The van der Waals surface area contributed by atoms with E-state index in [0.29, 0.717) is 28.5 Å². The first kappa shape index (κ1) is 21.6. The molecule has 1 atom stereocenters. The molecule has 2 N–H and O–H groups in total. The average molecular weight is 434 g/mol. The molecule has 8 nitrogen and oxygen atoms in total. The molecular formula is C24H27N5O3. The molecule has 1 saturated heterocycles. The van der Waals surface area contributed by atoms with Crippen molar-refractivity contribution in [1.82, 2.24) is 19.8 Å². The number of benzene rings is 2. The highest BCUT2D eigenvalue weighted by Crippen LogP contribution is 2.30. The van der Waals surface area contributed by atoms with E-state index in [4.69, 9.17) is 4.74 Å². The number of carbonyl (C=O) groups excluding carboxylic acids is 1. The monoisotopic (exact) mass is 433 g/mol. The highest BCUT2D eigenvalue weighted by atomic mass is 16.5. The first-order valence-corrected chi connectivity index (χ1v) is 10.5. The first-order chi connectivity index (χ1) is 15.4. The second kappa shape index (κ2) is 9.23. The summed E-state index contributed by atoms with van der Waals surface area (Å²) >= 11 is 0. The van der Waals surface area contributed by atoms with Gasteiger partial charge >= 0.3 is 0 Å². The normalized spacial score (nSPS) is 16.0. The van der Waals surface area contributed by atoms with E-state index in [0.717, 1.165) is 25.1 Å². The highest BCUT2D eigenvalue weighted by molar-refractivity contribution is 5.96. The molecule has 166 valence electrons. The molecule has 0 saturated carbocycles. The molecule has 0 radical (unpaired) electrons. The lowest BCUT2D eigenvalue weighted by Crippen LogP contribution is -2.38. The number of aromatic nitrogens is 2. The Hall–Kier alpha value is -3.65. The SMILES string of the molecule is COc1ccc(C(=O)N(C)C2CCN(C)C2)cc1Nc1cncc(-c2ccc(O)cc2)n1. The summed E-state index contributed by atoms with van der Waals surface area (Å²) in [4.78, 5) is 26.0. The van der Waals surface area contributed by atoms with Crippen LogP contribution in [0.25, 0.3) is 11.3 Å². The number of hydrogen-bond donors (Lipinski definition) is 2. The number of hydrogen-bond acceptors (Lipinski definition) is 7. The van der Waals surface area contributed by atoms with E-state index in [-0.39, 0.29) is 17.7 Å². The molecule has 1 amide bonds. The number of carbonyl (C=O) groups is 1. The van der Waals surface area contributed by atoms with E-state index < -0.39 is 0 Å². The van der Waals surface area contributed by atoms with Crippen molar-refractivity contribution < 1.29 is 14.6 Å². The molecule has 8 heteroatoms. The van der Waals surface area contributed by atoms with Crippen LogP contribution in [-0.2, 0) is 0 Å². The number of likely N-dealkylation sites (tertiary alicyclic amines) is 1. The molecule has 3 aromatic rings. The van der Waals surface area contributed by atoms with Gasteiger partial charge in [0.2, 0.25) is 0 Å². The Balaban J connectivity index is 1.58. The Morgan fingerprint density at radius 1 is 1.22 bits per heavy atom. The second-order valence-electron chi connectivity index (χ2n) is 8.00. The predicted molar refractivity (Wildman–Crippen MR) is 123 cm³/mol. The lowest BCUT2D eigenvalue weighted by atomic mass is 10.1. The maximum Gasteiger partial charge on any atom is 0.253 e. The molecule has 32 heavy (non-hydrogen) atoms. The van der Waals surface area contributed by atoms with E-state index in [2.05, 4.69) is 27.2 Å². The fourth-order valence-corrected chi connectivity index (χ4v) is 3.87. The number of nitrogens with zero attached hydrogens (tertiary/aromatic N) is 4. The molecule has 1 aromatic heterocycles. The van der Waals surface area contributed by atoms with Crippen LogP contribution in [0.5, 0.6) is 11.5 Å². The molecular weight excluding hydrogens is 406 g/mol. The quantitative estimate of drug-likeness (QED) is 0.616. The number of ether oxygens (including phenoxy) is 1. The van der Waals surface area contributed by atoms with Gasteiger partial charge in [0.05, 0.1) is 30.9 Å². The highest BCUT2D eigenvalue weighted by Gasteiger charge is 2.27. The summed E-state index contributed by atoms with van der Waals surface area (Å²) in [6.07, 6.45) is 4.24. The Labute approximate surface area is 187 Å². The Bertz CT molecular complexity index is 1100. The number of phenolic OH excluding ortho intramolecular Hbond substituents is 1. The third kappa shape index (κ3) is 4.65. The number of methoxy groups -OCH3 is 1. The lowest BCUT2D eigenvalue weighted by molar-refractivity contribution is 0.0737. The van der Waals surface area contributed by atoms with Crippen LogP contribution in [0.4, 0.5) is 11.5 Å². The van der Waals surface area contributed by atoms with Crippen molar-refractivity contribution in [1.29, 1.82) is 0 Å². The summed E-state index contributed by atoms with van der Waals surface area (Å²) in [7, 11) is 5.51. The third-order valence-electron chi connectivity index (χ3n) is 5.74. The fraction of sp³-hybridized carbons (Fsp3) is 0.292. The van der Waals surface area contributed by atoms with Crippen LogP contribution >= 0.6 is 0 Å². The number of anilines is 2. The Morgan fingerprint density at radius 3 is 2.69 bits per heavy atom. The zero-order valence-electron chi connectivity index (χ0n) is 18.4. The minimum atomic E-state index is -0.0278. The summed E-state index contributed by atoms with van der Waals surface area (Å²) in [5.41, 5.74) is 2.70. The van der Waals surface area contributed by atoms with Gasteiger partial charge < -0.3 is 25.0 Å². The molecule has 4 rings (SSSR count). The maximum atomic E-state index is 13.1. The molecule has 2 heterocycles. The summed E-state index contributed by atoms with van der Waals surface area (Å²) in [5.74, 6) is 1.28. The number of nitrogens with one attached hydrogen (secondary N) is 1. The first-order valence-electron chi connectivity index (χ1n) is 10.5. The van der Waals surface area contributed by atoms with Gasteiger partial charge in [0, 0.05) is 30.8 Å². The van der Waals surface area contributed by atoms with Crippen molar-refractivity contribution in [3.05, 3.63) is 60.4 Å². The van der Waals surface area contributed by atoms with Crippen LogP contribution in [0.3, 0.4) is 0 Å². The van der Waals surface area contributed by atoms with Crippen molar-refractivity contribution in [2.24, 2.45) is 0 Å². The van der Waals surface area contributed by atoms with Gasteiger partial charge in [0.1, 0.15) is 17.3 Å².